The molecule has 0 spiro atoms. The molecule has 1 aromatic heterocycles. The van der Waals surface area contributed by atoms with E-state index in [0.29, 0.717) is 27.7 Å². The number of rotatable bonds is 8. The van der Waals surface area contributed by atoms with Crippen LogP contribution in [0.1, 0.15) is 36.2 Å². The number of nitrogens with zero attached hydrogens (tertiary/aromatic N) is 3. The highest BCUT2D eigenvalue weighted by Crippen LogP contribution is 2.32. The van der Waals surface area contributed by atoms with Gasteiger partial charge in [-0.3, -0.25) is 9.59 Å². The van der Waals surface area contributed by atoms with Crippen LogP contribution in [0.3, 0.4) is 0 Å². The summed E-state index contributed by atoms with van der Waals surface area (Å²) in [5, 5.41) is 11.6. The van der Waals surface area contributed by atoms with Crippen LogP contribution in [0.5, 0.6) is 0 Å². The van der Waals surface area contributed by atoms with Gasteiger partial charge >= 0.3 is 6.18 Å². The van der Waals surface area contributed by atoms with E-state index in [4.69, 9.17) is 23.2 Å². The van der Waals surface area contributed by atoms with Crippen LogP contribution in [0.4, 0.5) is 18.3 Å². The van der Waals surface area contributed by atoms with E-state index in [2.05, 4.69) is 15.5 Å². The van der Waals surface area contributed by atoms with Crippen LogP contribution in [-0.2, 0) is 11.0 Å². The van der Waals surface area contributed by atoms with E-state index in [1.807, 2.05) is 13.8 Å². The Bertz CT molecular complexity index is 1200. The van der Waals surface area contributed by atoms with Gasteiger partial charge in [0.25, 0.3) is 5.91 Å². The van der Waals surface area contributed by atoms with Gasteiger partial charge in [0.1, 0.15) is 5.01 Å². The zero-order chi connectivity index (χ0) is 25.8. The molecule has 3 aromatic rings. The molecule has 0 fully saturated rings. The Kier molecular flexibility index (Phi) is 8.74. The topological polar surface area (TPSA) is 75.2 Å². The van der Waals surface area contributed by atoms with Crippen molar-refractivity contribution in [2.75, 3.05) is 18.4 Å². The van der Waals surface area contributed by atoms with Gasteiger partial charge in [0, 0.05) is 30.1 Å². The maximum absolute atomic E-state index is 13.0. The van der Waals surface area contributed by atoms with Gasteiger partial charge in [0.15, 0.2) is 0 Å². The molecule has 186 valence electrons. The number of benzene rings is 2. The second-order valence-corrected chi connectivity index (χ2v) is 9.88. The number of aromatic nitrogens is 2. The van der Waals surface area contributed by atoms with E-state index in [1.54, 1.807) is 17.0 Å². The lowest BCUT2D eigenvalue weighted by molar-refractivity contribution is -0.137. The number of anilines is 1. The Morgan fingerprint density at radius 2 is 1.77 bits per heavy atom. The van der Waals surface area contributed by atoms with Crippen molar-refractivity contribution in [3.63, 3.8) is 0 Å². The minimum absolute atomic E-state index is 0.00113. The van der Waals surface area contributed by atoms with Gasteiger partial charge in [-0.2, -0.15) is 13.2 Å². The summed E-state index contributed by atoms with van der Waals surface area (Å²) in [5.41, 5.74) is -0.0216. The first-order chi connectivity index (χ1) is 16.4. The monoisotopic (exact) mass is 544 g/mol. The largest absolute Gasteiger partial charge is 0.416 e. The van der Waals surface area contributed by atoms with Gasteiger partial charge in [-0.15, -0.1) is 10.2 Å². The number of alkyl halides is 3. The van der Waals surface area contributed by atoms with Crippen LogP contribution in [0.2, 0.25) is 10.0 Å². The summed E-state index contributed by atoms with van der Waals surface area (Å²) >= 11 is 13.1. The minimum atomic E-state index is -4.43. The number of amides is 2. The molecule has 0 aliphatic carbocycles. The maximum Gasteiger partial charge on any atom is 0.416 e. The summed E-state index contributed by atoms with van der Waals surface area (Å²) in [4.78, 5) is 27.0. The molecule has 1 heterocycles. The van der Waals surface area contributed by atoms with Crippen LogP contribution in [0.25, 0.3) is 10.6 Å². The van der Waals surface area contributed by atoms with Gasteiger partial charge in [0.05, 0.1) is 16.1 Å². The van der Waals surface area contributed by atoms with Crippen molar-refractivity contribution < 1.29 is 22.8 Å². The SMILES string of the molecule is CC(C)CN(CCC(=O)Nc1nnc(-c2ccc(C(F)(F)F)cc2)s1)C(=O)c1ccc(Cl)cc1Cl. The van der Waals surface area contributed by atoms with E-state index >= 15 is 0 Å². The first-order valence-electron chi connectivity index (χ1n) is 10.5. The Morgan fingerprint density at radius 3 is 2.37 bits per heavy atom. The van der Waals surface area contributed by atoms with E-state index < -0.39 is 11.7 Å². The maximum atomic E-state index is 13.0. The quantitative estimate of drug-likeness (QED) is 0.344. The van der Waals surface area contributed by atoms with Gasteiger partial charge in [-0.25, -0.2) is 0 Å². The van der Waals surface area contributed by atoms with Gasteiger partial charge in [-0.1, -0.05) is 60.5 Å². The van der Waals surface area contributed by atoms with Crippen molar-refractivity contribution in [3.05, 3.63) is 63.6 Å². The van der Waals surface area contributed by atoms with E-state index in [9.17, 15) is 22.8 Å². The minimum Gasteiger partial charge on any atom is -0.338 e. The summed E-state index contributed by atoms with van der Waals surface area (Å²) in [6.07, 6.45) is -4.43. The number of nitrogens with one attached hydrogen (secondary N) is 1. The third kappa shape index (κ3) is 7.39. The molecule has 3 rings (SSSR count). The van der Waals surface area contributed by atoms with Crippen molar-refractivity contribution in [1.82, 2.24) is 15.1 Å². The van der Waals surface area contributed by atoms with Crippen LogP contribution < -0.4 is 5.32 Å². The molecule has 2 amide bonds. The zero-order valence-electron chi connectivity index (χ0n) is 18.7. The van der Waals surface area contributed by atoms with Crippen LogP contribution in [-0.4, -0.2) is 40.0 Å². The average Bonchev–Trinajstić information content (AvgIpc) is 3.24. The highest BCUT2D eigenvalue weighted by atomic mass is 35.5. The van der Waals surface area contributed by atoms with Crippen LogP contribution in [0.15, 0.2) is 42.5 Å². The van der Waals surface area contributed by atoms with E-state index in [1.165, 1.54) is 18.2 Å². The molecule has 2 aromatic carbocycles. The third-order valence-electron chi connectivity index (χ3n) is 4.77. The number of hydrogen-bond donors (Lipinski definition) is 1. The Morgan fingerprint density at radius 1 is 1.09 bits per heavy atom. The van der Waals surface area contributed by atoms with Gasteiger partial charge in [0.2, 0.25) is 11.0 Å². The molecule has 12 heteroatoms. The lowest BCUT2D eigenvalue weighted by Crippen LogP contribution is -2.36. The summed E-state index contributed by atoms with van der Waals surface area (Å²) in [7, 11) is 0. The second kappa shape index (κ2) is 11.4. The molecule has 6 nitrogen and oxygen atoms in total. The first kappa shape index (κ1) is 26.9. The average molecular weight is 545 g/mol. The second-order valence-electron chi connectivity index (χ2n) is 8.05. The van der Waals surface area contributed by atoms with E-state index in [0.717, 1.165) is 23.5 Å². The summed E-state index contributed by atoms with van der Waals surface area (Å²) < 4.78 is 38.2. The molecule has 35 heavy (non-hydrogen) atoms. The standard InChI is InChI=1S/C23H21Cl2F3N4O2S/c1-13(2)12-32(21(34)17-8-7-16(24)11-18(17)25)10-9-19(33)29-22-31-30-20(35-22)14-3-5-15(6-4-14)23(26,27)28/h3-8,11,13H,9-10,12H2,1-2H3,(H,29,31,33). The first-order valence-corrected chi connectivity index (χ1v) is 12.1. The van der Waals surface area contributed by atoms with Crippen molar-refractivity contribution >= 4 is 51.5 Å². The number of halogens is 5. The Balaban J connectivity index is 1.63. The highest BCUT2D eigenvalue weighted by Gasteiger charge is 2.30. The molecule has 0 radical (unpaired) electrons. The van der Waals surface area contributed by atoms with Crippen LogP contribution in [0, 0.1) is 5.92 Å². The highest BCUT2D eigenvalue weighted by molar-refractivity contribution is 7.18. The zero-order valence-corrected chi connectivity index (χ0v) is 21.0. The van der Waals surface area contributed by atoms with Gasteiger partial charge in [-0.05, 0) is 36.2 Å². The summed E-state index contributed by atoms with van der Waals surface area (Å²) in [6, 6.07) is 9.12. The summed E-state index contributed by atoms with van der Waals surface area (Å²) in [6.45, 7) is 4.47. The Labute approximate surface area is 214 Å². The fourth-order valence-electron chi connectivity index (χ4n) is 3.16. The molecule has 0 aliphatic heterocycles. The number of carbonyl (C=O) groups excluding carboxylic acids is 2. The predicted octanol–water partition coefficient (Wildman–Crippen LogP) is 6.66. The van der Waals surface area contributed by atoms with Crippen molar-refractivity contribution in [2.24, 2.45) is 5.92 Å². The molecule has 0 bridgehead atoms. The molecule has 0 atom stereocenters. The fourth-order valence-corrected chi connectivity index (χ4v) is 4.41. The molecule has 0 saturated heterocycles. The number of carbonyl (C=O) groups is 2. The summed E-state index contributed by atoms with van der Waals surface area (Å²) in [5.74, 6) is -0.542. The number of hydrogen-bond acceptors (Lipinski definition) is 5. The molecule has 0 saturated carbocycles. The molecule has 0 unspecified atom stereocenters. The van der Waals surface area contributed by atoms with Crippen molar-refractivity contribution in [3.8, 4) is 10.6 Å². The molecule has 1 N–H and O–H groups in total. The van der Waals surface area contributed by atoms with Gasteiger partial charge < -0.3 is 10.2 Å². The molecular formula is C23H21Cl2F3N4O2S. The third-order valence-corrected chi connectivity index (χ3v) is 6.21. The van der Waals surface area contributed by atoms with Crippen molar-refractivity contribution in [2.45, 2.75) is 26.4 Å². The van der Waals surface area contributed by atoms with E-state index in [-0.39, 0.29) is 40.9 Å². The van der Waals surface area contributed by atoms with Crippen molar-refractivity contribution in [1.29, 1.82) is 0 Å². The fraction of sp³-hybridized carbons (Fsp3) is 0.304. The predicted molar refractivity (Wildman–Crippen MR) is 131 cm³/mol. The smallest absolute Gasteiger partial charge is 0.338 e. The Hall–Kier alpha value is -2.69. The van der Waals surface area contributed by atoms with Crippen LogP contribution >= 0.6 is 34.5 Å². The lowest BCUT2D eigenvalue weighted by Gasteiger charge is -2.25. The molecular weight excluding hydrogens is 524 g/mol. The molecule has 0 aliphatic rings. The normalized spacial score (nSPS) is 11.5. The lowest BCUT2D eigenvalue weighted by atomic mass is 10.1.